The van der Waals surface area contributed by atoms with Crippen LogP contribution in [0.25, 0.3) is 0 Å². The highest BCUT2D eigenvalue weighted by molar-refractivity contribution is 7.98. The van der Waals surface area contributed by atoms with E-state index < -0.39 is 0 Å². The summed E-state index contributed by atoms with van der Waals surface area (Å²) in [7, 11) is 1.89. The van der Waals surface area contributed by atoms with Gasteiger partial charge in [-0.05, 0) is 35.2 Å². The zero-order chi connectivity index (χ0) is 13.7. The molecule has 0 radical (unpaired) electrons. The topological polar surface area (TPSA) is 55.6 Å². The van der Waals surface area contributed by atoms with Gasteiger partial charge in [0.05, 0.1) is 6.54 Å². The van der Waals surface area contributed by atoms with Crippen LogP contribution in [-0.4, -0.2) is 33.8 Å². The summed E-state index contributed by atoms with van der Waals surface area (Å²) in [6, 6.07) is 5.48. The van der Waals surface area contributed by atoms with Crippen molar-refractivity contribution in [1.29, 1.82) is 0 Å². The van der Waals surface area contributed by atoms with Crippen molar-refractivity contribution in [2.75, 3.05) is 13.6 Å². The Kier molecular flexibility index (Phi) is 5.45. The van der Waals surface area contributed by atoms with Crippen LogP contribution in [0.4, 0.5) is 0 Å². The number of benzene rings is 1. The van der Waals surface area contributed by atoms with Crippen molar-refractivity contribution >= 4 is 35.0 Å². The molecule has 0 atom stereocenters. The monoisotopic (exact) mass is 317 g/mol. The van der Waals surface area contributed by atoms with Crippen LogP contribution >= 0.6 is 35.0 Å². The smallest absolute Gasteiger partial charge is 0.209 e. The first-order chi connectivity index (χ1) is 9.20. The van der Waals surface area contributed by atoms with Gasteiger partial charge in [0.25, 0.3) is 0 Å². The zero-order valence-electron chi connectivity index (χ0n) is 10.3. The first-order valence-corrected chi connectivity index (χ1v) is 7.42. The zero-order valence-corrected chi connectivity index (χ0v) is 12.6. The summed E-state index contributed by atoms with van der Waals surface area (Å²) in [5, 5.41) is 16.8. The van der Waals surface area contributed by atoms with Crippen molar-refractivity contribution in [3.63, 3.8) is 0 Å². The largest absolute Gasteiger partial charge is 0.318 e. The number of rotatable bonds is 6. The summed E-state index contributed by atoms with van der Waals surface area (Å²) in [5.41, 5.74) is 1.01. The SMILES string of the molecule is CNCCn1nnnc1SCc1ccc(Cl)cc1Cl. The maximum Gasteiger partial charge on any atom is 0.209 e. The first-order valence-electron chi connectivity index (χ1n) is 5.68. The van der Waals surface area contributed by atoms with Crippen molar-refractivity contribution in [3.05, 3.63) is 33.8 Å². The van der Waals surface area contributed by atoms with Gasteiger partial charge in [-0.1, -0.05) is 41.0 Å². The van der Waals surface area contributed by atoms with E-state index in [1.165, 1.54) is 0 Å². The third-order valence-electron chi connectivity index (χ3n) is 2.44. The normalized spacial score (nSPS) is 10.9. The lowest BCUT2D eigenvalue weighted by atomic mass is 10.2. The Morgan fingerprint density at radius 3 is 2.95 bits per heavy atom. The number of halogens is 2. The summed E-state index contributed by atoms with van der Waals surface area (Å²) in [6.45, 7) is 1.56. The lowest BCUT2D eigenvalue weighted by Gasteiger charge is -2.05. The van der Waals surface area contributed by atoms with Gasteiger partial charge in [-0.2, -0.15) is 0 Å². The molecule has 1 aromatic heterocycles. The highest BCUT2D eigenvalue weighted by Crippen LogP contribution is 2.27. The molecule has 0 saturated heterocycles. The molecule has 8 heteroatoms. The molecule has 0 spiro atoms. The Labute approximate surface area is 125 Å². The molecule has 5 nitrogen and oxygen atoms in total. The Balaban J connectivity index is 2.00. The number of hydrogen-bond donors (Lipinski definition) is 1. The molecule has 2 aromatic rings. The van der Waals surface area contributed by atoms with Crippen molar-refractivity contribution in [2.45, 2.75) is 17.5 Å². The van der Waals surface area contributed by atoms with Crippen LogP contribution in [0.3, 0.4) is 0 Å². The van der Waals surface area contributed by atoms with Gasteiger partial charge in [-0.25, -0.2) is 4.68 Å². The van der Waals surface area contributed by atoms with Gasteiger partial charge >= 0.3 is 0 Å². The van der Waals surface area contributed by atoms with Gasteiger partial charge in [0.1, 0.15) is 0 Å². The van der Waals surface area contributed by atoms with Crippen LogP contribution in [0.5, 0.6) is 0 Å². The summed E-state index contributed by atoms with van der Waals surface area (Å²) in [6.07, 6.45) is 0. The van der Waals surface area contributed by atoms with Crippen molar-refractivity contribution in [2.24, 2.45) is 0 Å². The predicted molar refractivity (Wildman–Crippen MR) is 77.8 cm³/mol. The van der Waals surface area contributed by atoms with Crippen molar-refractivity contribution in [1.82, 2.24) is 25.5 Å². The van der Waals surface area contributed by atoms with E-state index in [1.807, 2.05) is 19.2 Å². The molecule has 0 fully saturated rings. The minimum atomic E-state index is 0.637. The minimum absolute atomic E-state index is 0.637. The van der Waals surface area contributed by atoms with Crippen molar-refractivity contribution < 1.29 is 0 Å². The molecule has 0 aliphatic carbocycles. The summed E-state index contributed by atoms with van der Waals surface area (Å²) in [4.78, 5) is 0. The first kappa shape index (κ1) is 14.6. The number of hydrogen-bond acceptors (Lipinski definition) is 5. The van der Waals surface area contributed by atoms with E-state index in [-0.39, 0.29) is 0 Å². The molecule has 0 aliphatic heterocycles. The van der Waals surface area contributed by atoms with Gasteiger partial charge < -0.3 is 5.32 Å². The van der Waals surface area contributed by atoms with E-state index in [1.54, 1.807) is 22.5 Å². The summed E-state index contributed by atoms with van der Waals surface area (Å²) in [5.74, 6) is 0.704. The van der Waals surface area contributed by atoms with E-state index in [9.17, 15) is 0 Å². The second-order valence-corrected chi connectivity index (χ2v) is 5.60. The van der Waals surface area contributed by atoms with E-state index >= 15 is 0 Å². The Morgan fingerprint density at radius 1 is 1.37 bits per heavy atom. The second kappa shape index (κ2) is 7.09. The third-order valence-corrected chi connectivity index (χ3v) is 4.04. The molecule has 0 aliphatic rings. The molecule has 0 bridgehead atoms. The summed E-state index contributed by atoms with van der Waals surface area (Å²) < 4.78 is 1.77. The summed E-state index contributed by atoms with van der Waals surface area (Å²) >= 11 is 13.5. The van der Waals surface area contributed by atoms with Gasteiger partial charge in [0, 0.05) is 22.3 Å². The predicted octanol–water partition coefficient (Wildman–Crippen LogP) is 2.49. The van der Waals surface area contributed by atoms with Crippen molar-refractivity contribution in [3.8, 4) is 0 Å². The van der Waals surface area contributed by atoms with E-state index in [4.69, 9.17) is 23.2 Å². The van der Waals surface area contributed by atoms with Crippen LogP contribution in [0.2, 0.25) is 10.0 Å². The number of aromatic nitrogens is 4. The third kappa shape index (κ3) is 4.07. The van der Waals surface area contributed by atoms with Crippen LogP contribution in [0.1, 0.15) is 5.56 Å². The van der Waals surface area contributed by atoms with Crippen LogP contribution in [-0.2, 0) is 12.3 Å². The molecule has 2 rings (SSSR count). The fourth-order valence-electron chi connectivity index (χ4n) is 1.44. The average molecular weight is 318 g/mol. The number of likely N-dealkylation sites (N-methyl/N-ethyl adjacent to an activating group) is 1. The van der Waals surface area contributed by atoms with E-state index in [0.717, 1.165) is 23.8 Å². The molecular weight excluding hydrogens is 305 g/mol. The lowest BCUT2D eigenvalue weighted by Crippen LogP contribution is -2.16. The van der Waals surface area contributed by atoms with Crippen LogP contribution in [0, 0.1) is 0 Å². The number of thioether (sulfide) groups is 1. The molecule has 102 valence electrons. The maximum atomic E-state index is 6.13. The molecule has 1 N–H and O–H groups in total. The Bertz CT molecular complexity index is 546. The Morgan fingerprint density at radius 2 is 2.21 bits per heavy atom. The Hall–Kier alpha value is -0.820. The molecule has 0 amide bonds. The standard InChI is InChI=1S/C11H13Cl2N5S/c1-14-4-5-18-11(15-16-17-18)19-7-8-2-3-9(12)6-10(8)13/h2-3,6,14H,4-5,7H2,1H3. The maximum absolute atomic E-state index is 6.13. The van der Waals surface area contributed by atoms with Gasteiger partial charge in [0.2, 0.25) is 5.16 Å². The van der Waals surface area contributed by atoms with Crippen LogP contribution < -0.4 is 5.32 Å². The minimum Gasteiger partial charge on any atom is -0.318 e. The highest BCUT2D eigenvalue weighted by Gasteiger charge is 2.08. The quantitative estimate of drug-likeness (QED) is 0.829. The fraction of sp³-hybridized carbons (Fsp3) is 0.364. The molecule has 0 saturated carbocycles. The highest BCUT2D eigenvalue weighted by atomic mass is 35.5. The molecule has 19 heavy (non-hydrogen) atoms. The van der Waals surface area contributed by atoms with Gasteiger partial charge in [-0.3, -0.25) is 0 Å². The van der Waals surface area contributed by atoms with Gasteiger partial charge in [-0.15, -0.1) is 5.10 Å². The number of tetrazole rings is 1. The van der Waals surface area contributed by atoms with E-state index in [0.29, 0.717) is 15.8 Å². The second-order valence-electron chi connectivity index (χ2n) is 3.81. The molecular formula is C11H13Cl2N5S. The number of nitrogens with one attached hydrogen (secondary N) is 1. The fourth-order valence-corrected chi connectivity index (χ4v) is 2.90. The van der Waals surface area contributed by atoms with Gasteiger partial charge in [0.15, 0.2) is 0 Å². The lowest BCUT2D eigenvalue weighted by molar-refractivity contribution is 0.530. The number of nitrogens with zero attached hydrogens (tertiary/aromatic N) is 4. The molecule has 0 unspecified atom stereocenters. The van der Waals surface area contributed by atoms with Crippen LogP contribution in [0.15, 0.2) is 23.4 Å². The van der Waals surface area contributed by atoms with E-state index in [2.05, 4.69) is 20.8 Å². The molecule has 1 aromatic carbocycles. The molecule has 1 heterocycles. The average Bonchev–Trinajstić information content (AvgIpc) is 2.83.